The Labute approximate surface area is 187 Å². The Morgan fingerprint density at radius 2 is 1.87 bits per heavy atom. The zero-order chi connectivity index (χ0) is 21.4. The van der Waals surface area contributed by atoms with E-state index in [2.05, 4.69) is 11.4 Å². The summed E-state index contributed by atoms with van der Waals surface area (Å²) in [6.45, 7) is 1.27. The number of para-hydroxylation sites is 1. The molecular weight excluding hydrogens is 412 g/mol. The van der Waals surface area contributed by atoms with Crippen molar-refractivity contribution in [1.82, 2.24) is 10.2 Å². The van der Waals surface area contributed by atoms with Crippen LogP contribution in [-0.2, 0) is 4.79 Å². The molecule has 2 amide bonds. The highest BCUT2D eigenvalue weighted by Gasteiger charge is 2.44. The van der Waals surface area contributed by atoms with Gasteiger partial charge < -0.3 is 15.0 Å². The van der Waals surface area contributed by atoms with E-state index in [-0.39, 0.29) is 23.3 Å². The average Bonchev–Trinajstić information content (AvgIpc) is 3.57. The molecule has 2 aliphatic heterocycles. The van der Waals surface area contributed by atoms with Gasteiger partial charge in [-0.15, -0.1) is 0 Å². The molecule has 2 fully saturated rings. The number of benzene rings is 2. The van der Waals surface area contributed by atoms with Gasteiger partial charge in [-0.25, -0.2) is 0 Å². The van der Waals surface area contributed by atoms with Gasteiger partial charge >= 0.3 is 0 Å². The number of piperidine rings is 1. The quantitative estimate of drug-likeness (QED) is 0.761. The van der Waals surface area contributed by atoms with Crippen molar-refractivity contribution in [2.45, 2.75) is 56.1 Å². The van der Waals surface area contributed by atoms with Crippen LogP contribution < -0.4 is 10.1 Å². The smallest absolute Gasteiger partial charge is 0.253 e. The third-order valence-electron chi connectivity index (χ3n) is 6.71. The van der Waals surface area contributed by atoms with Crippen molar-refractivity contribution in [3.05, 3.63) is 64.7 Å². The maximum Gasteiger partial charge on any atom is 0.253 e. The molecule has 1 saturated carbocycles. The molecule has 1 atom stereocenters. The van der Waals surface area contributed by atoms with E-state index in [4.69, 9.17) is 16.3 Å². The van der Waals surface area contributed by atoms with Crippen molar-refractivity contribution in [3.8, 4) is 5.75 Å². The van der Waals surface area contributed by atoms with Crippen LogP contribution in [-0.4, -0.2) is 41.4 Å². The van der Waals surface area contributed by atoms with Gasteiger partial charge in [0.15, 0.2) is 0 Å². The van der Waals surface area contributed by atoms with E-state index < -0.39 is 0 Å². The van der Waals surface area contributed by atoms with Crippen LogP contribution in [0.2, 0.25) is 5.02 Å². The molecule has 31 heavy (non-hydrogen) atoms. The van der Waals surface area contributed by atoms with Crippen LogP contribution in [0.15, 0.2) is 48.5 Å². The molecule has 2 heterocycles. The number of carbonyl (C=O) groups is 2. The largest absolute Gasteiger partial charge is 0.487 e. The van der Waals surface area contributed by atoms with Crippen LogP contribution in [0.3, 0.4) is 0 Å². The summed E-state index contributed by atoms with van der Waals surface area (Å²) in [6, 6.07) is 15.6. The van der Waals surface area contributed by atoms with Crippen molar-refractivity contribution < 1.29 is 14.3 Å². The van der Waals surface area contributed by atoms with Crippen LogP contribution in [0.4, 0.5) is 0 Å². The lowest BCUT2D eigenvalue weighted by molar-refractivity contribution is -0.122. The predicted octanol–water partition coefficient (Wildman–Crippen LogP) is 4.55. The second-order valence-corrected chi connectivity index (χ2v) is 9.51. The number of nitrogens with zero attached hydrogens (tertiary/aromatic N) is 1. The standard InChI is InChI=1S/C25H27ClN2O3/c26-19-5-3-4-17(14-19)24(30)28-12-10-25(11-13-28)16-18(15-23(29)27-20-8-9-20)21-6-1-2-7-22(21)31-25/h1-7,14,18,20H,8-13,15-16H2,(H,27,29). The molecule has 1 spiro atoms. The fraction of sp³-hybridized carbons (Fsp3) is 0.440. The third kappa shape index (κ3) is 4.42. The van der Waals surface area contributed by atoms with Gasteiger partial charge in [0.2, 0.25) is 5.91 Å². The summed E-state index contributed by atoms with van der Waals surface area (Å²) in [4.78, 5) is 27.4. The van der Waals surface area contributed by atoms with Gasteiger partial charge in [-0.1, -0.05) is 35.9 Å². The highest BCUT2D eigenvalue weighted by molar-refractivity contribution is 6.30. The fourth-order valence-electron chi connectivity index (χ4n) is 4.89. The number of nitrogens with one attached hydrogen (secondary N) is 1. The van der Waals surface area contributed by atoms with E-state index in [0.29, 0.717) is 36.1 Å². The van der Waals surface area contributed by atoms with Crippen LogP contribution in [0, 0.1) is 0 Å². The number of likely N-dealkylation sites (tertiary alicyclic amines) is 1. The van der Waals surface area contributed by atoms with Crippen molar-refractivity contribution >= 4 is 23.4 Å². The zero-order valence-corrected chi connectivity index (χ0v) is 18.2. The van der Waals surface area contributed by atoms with Gasteiger partial charge in [-0.3, -0.25) is 9.59 Å². The maximum absolute atomic E-state index is 12.9. The topological polar surface area (TPSA) is 58.6 Å². The van der Waals surface area contributed by atoms with Gasteiger partial charge in [0.05, 0.1) is 0 Å². The molecule has 3 aliphatic rings. The molecule has 0 aromatic heterocycles. The number of hydrogen-bond donors (Lipinski definition) is 1. The number of fused-ring (bicyclic) bond motifs is 1. The summed E-state index contributed by atoms with van der Waals surface area (Å²) in [7, 11) is 0. The number of halogens is 1. The molecule has 1 aliphatic carbocycles. The molecule has 1 saturated heterocycles. The van der Waals surface area contributed by atoms with E-state index in [1.165, 1.54) is 0 Å². The number of amides is 2. The van der Waals surface area contributed by atoms with Crippen LogP contribution >= 0.6 is 11.6 Å². The van der Waals surface area contributed by atoms with Gasteiger partial charge in [0.25, 0.3) is 5.91 Å². The van der Waals surface area contributed by atoms with Gasteiger partial charge in [-0.05, 0) is 49.1 Å². The lowest BCUT2D eigenvalue weighted by atomic mass is 9.76. The Balaban J connectivity index is 1.30. The third-order valence-corrected chi connectivity index (χ3v) is 6.95. The monoisotopic (exact) mass is 438 g/mol. The minimum atomic E-state index is -0.329. The van der Waals surface area contributed by atoms with E-state index >= 15 is 0 Å². The van der Waals surface area contributed by atoms with Crippen LogP contribution in [0.1, 0.15) is 60.4 Å². The minimum absolute atomic E-state index is 0.00826. The number of rotatable bonds is 4. The first-order chi connectivity index (χ1) is 15.0. The molecule has 2 aromatic rings. The van der Waals surface area contributed by atoms with Crippen molar-refractivity contribution in [3.63, 3.8) is 0 Å². The first-order valence-corrected chi connectivity index (χ1v) is 11.5. The molecule has 162 valence electrons. The second-order valence-electron chi connectivity index (χ2n) is 9.07. The molecule has 1 N–H and O–H groups in total. The summed E-state index contributed by atoms with van der Waals surface area (Å²) in [5.41, 5.74) is 1.41. The van der Waals surface area contributed by atoms with E-state index in [1.807, 2.05) is 23.1 Å². The highest BCUT2D eigenvalue weighted by Crippen LogP contribution is 2.46. The maximum atomic E-state index is 12.9. The second kappa shape index (κ2) is 8.19. The number of ether oxygens (including phenoxy) is 1. The van der Waals surface area contributed by atoms with Gasteiger partial charge in [0.1, 0.15) is 11.4 Å². The van der Waals surface area contributed by atoms with Crippen LogP contribution in [0.5, 0.6) is 5.75 Å². The van der Waals surface area contributed by atoms with Gasteiger partial charge in [0, 0.05) is 54.9 Å². The SMILES string of the molecule is O=C(CC1CC2(CCN(C(=O)c3cccc(Cl)c3)CC2)Oc2ccccc21)NC1CC1. The van der Waals surface area contributed by atoms with Crippen molar-refractivity contribution in [1.29, 1.82) is 0 Å². The Bertz CT molecular complexity index is 996. The molecule has 5 nitrogen and oxygen atoms in total. The Morgan fingerprint density at radius 1 is 1.10 bits per heavy atom. The van der Waals surface area contributed by atoms with Crippen molar-refractivity contribution in [2.75, 3.05) is 13.1 Å². The summed E-state index contributed by atoms with van der Waals surface area (Å²) in [5, 5.41) is 3.69. The first kappa shape index (κ1) is 20.4. The molecule has 1 unspecified atom stereocenters. The summed E-state index contributed by atoms with van der Waals surface area (Å²) >= 11 is 6.06. The molecule has 0 radical (unpaired) electrons. The predicted molar refractivity (Wildman–Crippen MR) is 120 cm³/mol. The molecular formula is C25H27ClN2O3. The van der Waals surface area contributed by atoms with Crippen LogP contribution in [0.25, 0.3) is 0 Å². The molecule has 6 heteroatoms. The Kier molecular flexibility index (Phi) is 5.39. The van der Waals surface area contributed by atoms with Gasteiger partial charge in [-0.2, -0.15) is 0 Å². The zero-order valence-electron chi connectivity index (χ0n) is 17.5. The number of carbonyl (C=O) groups excluding carboxylic acids is 2. The highest BCUT2D eigenvalue weighted by atomic mass is 35.5. The lowest BCUT2D eigenvalue weighted by Gasteiger charge is -2.47. The first-order valence-electron chi connectivity index (χ1n) is 11.1. The molecule has 2 aromatic carbocycles. The molecule has 5 rings (SSSR count). The average molecular weight is 439 g/mol. The van der Waals surface area contributed by atoms with Crippen molar-refractivity contribution in [2.24, 2.45) is 0 Å². The fourth-order valence-corrected chi connectivity index (χ4v) is 5.08. The Hall–Kier alpha value is -2.53. The molecule has 0 bridgehead atoms. The number of hydrogen-bond acceptors (Lipinski definition) is 3. The van der Waals surface area contributed by atoms with E-state index in [1.54, 1.807) is 24.3 Å². The minimum Gasteiger partial charge on any atom is -0.487 e. The Morgan fingerprint density at radius 3 is 2.61 bits per heavy atom. The lowest BCUT2D eigenvalue weighted by Crippen LogP contribution is -2.52. The summed E-state index contributed by atoms with van der Waals surface area (Å²) in [6.07, 6.45) is 5.00. The normalized spacial score (nSPS) is 21.8. The summed E-state index contributed by atoms with van der Waals surface area (Å²) < 4.78 is 6.53. The van der Waals surface area contributed by atoms with E-state index in [0.717, 1.165) is 43.4 Å². The summed E-state index contributed by atoms with van der Waals surface area (Å²) in [5.74, 6) is 1.16. The van der Waals surface area contributed by atoms with E-state index in [9.17, 15) is 9.59 Å².